The standard InChI is InChI=1S/C45H62N4/c1-14-17-22-45(10,11)29-40-39-28-35(20-21-41(39)49(16-3)44(40)38-19-18-23-46-42(38)30(4)5)36-25-32(8)24-34(26-36)27-37(15-2)47-33(9)43(31(6)7)48(12)13/h14-15,18-21,23-26,28,30-31,37,43,47H,1-2,9,16-17,22,27,29H2,3-8,10-13H3. The van der Waals surface area contributed by atoms with Gasteiger partial charge in [0.2, 0.25) is 0 Å². The summed E-state index contributed by atoms with van der Waals surface area (Å²) in [5, 5.41) is 5.04. The highest BCUT2D eigenvalue weighted by Gasteiger charge is 2.27. The number of hydrogen-bond donors (Lipinski definition) is 1. The summed E-state index contributed by atoms with van der Waals surface area (Å²) in [6.07, 6.45) is 9.94. The van der Waals surface area contributed by atoms with Gasteiger partial charge in [-0.15, -0.1) is 13.2 Å². The van der Waals surface area contributed by atoms with Crippen LogP contribution in [0.25, 0.3) is 33.3 Å². The third-order valence-electron chi connectivity index (χ3n) is 9.93. The van der Waals surface area contributed by atoms with E-state index in [2.05, 4.69) is 159 Å². The van der Waals surface area contributed by atoms with Crippen molar-refractivity contribution in [2.75, 3.05) is 14.1 Å². The van der Waals surface area contributed by atoms with Crippen LogP contribution in [0.4, 0.5) is 0 Å². The lowest BCUT2D eigenvalue weighted by molar-refractivity contribution is 0.255. The highest BCUT2D eigenvalue weighted by Crippen LogP contribution is 2.42. The Hall–Kier alpha value is -3.89. The molecule has 0 aliphatic carbocycles. The number of hydrogen-bond acceptors (Lipinski definition) is 3. The normalized spacial score (nSPS) is 13.3. The van der Waals surface area contributed by atoms with Crippen LogP contribution in [0, 0.1) is 18.3 Å². The average molecular weight is 659 g/mol. The van der Waals surface area contributed by atoms with Crippen LogP contribution < -0.4 is 5.32 Å². The van der Waals surface area contributed by atoms with Gasteiger partial charge in [0.15, 0.2) is 0 Å². The molecule has 0 saturated heterocycles. The summed E-state index contributed by atoms with van der Waals surface area (Å²) in [6, 6.07) is 18.8. The average Bonchev–Trinajstić information content (AvgIpc) is 3.34. The Morgan fingerprint density at radius 1 is 1.02 bits per heavy atom. The summed E-state index contributed by atoms with van der Waals surface area (Å²) in [4.78, 5) is 7.14. The van der Waals surface area contributed by atoms with E-state index in [0.717, 1.165) is 43.6 Å². The Morgan fingerprint density at radius 2 is 1.76 bits per heavy atom. The van der Waals surface area contributed by atoms with Crippen molar-refractivity contribution in [3.05, 3.63) is 115 Å². The topological polar surface area (TPSA) is 33.1 Å². The summed E-state index contributed by atoms with van der Waals surface area (Å²) in [7, 11) is 4.24. The minimum atomic E-state index is 0.0889. The molecule has 1 N–H and O–H groups in total. The van der Waals surface area contributed by atoms with Crippen LogP contribution in [0.15, 0.2) is 92.3 Å². The van der Waals surface area contributed by atoms with Crippen molar-refractivity contribution in [3.8, 4) is 22.4 Å². The van der Waals surface area contributed by atoms with Gasteiger partial charge in [-0.3, -0.25) is 4.98 Å². The SMILES string of the molecule is C=CCCC(C)(C)Cc1c(-c2cccnc2C(C)C)n(CC)c2ccc(-c3cc(C)cc(CC(C=C)NC(=C)C(C(C)C)N(C)C)c3)cc12. The first-order chi connectivity index (χ1) is 23.2. The summed E-state index contributed by atoms with van der Waals surface area (Å²) in [5.41, 5.74) is 12.6. The molecular formula is C45H62N4. The lowest BCUT2D eigenvalue weighted by atomic mass is 9.80. The Morgan fingerprint density at radius 3 is 2.37 bits per heavy atom. The van der Waals surface area contributed by atoms with E-state index in [9.17, 15) is 0 Å². The van der Waals surface area contributed by atoms with Gasteiger partial charge in [0.25, 0.3) is 0 Å². The fourth-order valence-electron chi connectivity index (χ4n) is 7.78. The van der Waals surface area contributed by atoms with Crippen LogP contribution in [-0.4, -0.2) is 40.6 Å². The van der Waals surface area contributed by atoms with E-state index in [1.54, 1.807) is 0 Å². The molecular weight excluding hydrogens is 597 g/mol. The number of aryl methyl sites for hydroxylation is 2. The summed E-state index contributed by atoms with van der Waals surface area (Å²) in [6.45, 7) is 31.8. The van der Waals surface area contributed by atoms with E-state index in [1.165, 1.54) is 50.0 Å². The number of benzene rings is 2. The van der Waals surface area contributed by atoms with Crippen LogP contribution in [0.5, 0.6) is 0 Å². The first-order valence-electron chi connectivity index (χ1n) is 18.3. The van der Waals surface area contributed by atoms with Crippen molar-refractivity contribution < 1.29 is 0 Å². The van der Waals surface area contributed by atoms with Gasteiger partial charge in [0.05, 0.1) is 17.4 Å². The molecule has 262 valence electrons. The molecule has 4 nitrogen and oxygen atoms in total. The van der Waals surface area contributed by atoms with Crippen LogP contribution in [-0.2, 0) is 19.4 Å². The monoisotopic (exact) mass is 658 g/mol. The van der Waals surface area contributed by atoms with Crippen molar-refractivity contribution in [3.63, 3.8) is 0 Å². The van der Waals surface area contributed by atoms with E-state index in [0.29, 0.717) is 11.8 Å². The van der Waals surface area contributed by atoms with E-state index in [-0.39, 0.29) is 17.5 Å². The minimum absolute atomic E-state index is 0.0889. The number of nitrogens with zero attached hydrogens (tertiary/aromatic N) is 3. The molecule has 4 heteroatoms. The highest BCUT2D eigenvalue weighted by atomic mass is 15.1. The molecule has 0 saturated carbocycles. The maximum atomic E-state index is 4.90. The molecule has 4 aromatic rings. The van der Waals surface area contributed by atoms with Gasteiger partial charge in [-0.2, -0.15) is 0 Å². The first kappa shape index (κ1) is 37.9. The van der Waals surface area contributed by atoms with E-state index >= 15 is 0 Å². The highest BCUT2D eigenvalue weighted by molar-refractivity contribution is 5.95. The van der Waals surface area contributed by atoms with Crippen molar-refractivity contribution in [1.29, 1.82) is 0 Å². The Bertz CT molecular complexity index is 1760. The van der Waals surface area contributed by atoms with Gasteiger partial charge in [-0.05, 0) is 117 Å². The maximum Gasteiger partial charge on any atom is 0.0542 e. The van der Waals surface area contributed by atoms with E-state index < -0.39 is 0 Å². The van der Waals surface area contributed by atoms with Gasteiger partial charge < -0.3 is 14.8 Å². The minimum Gasteiger partial charge on any atom is -0.381 e. The number of nitrogens with one attached hydrogen (secondary N) is 1. The second-order valence-corrected chi connectivity index (χ2v) is 15.6. The Kier molecular flexibility index (Phi) is 12.5. The van der Waals surface area contributed by atoms with Crippen LogP contribution in [0.1, 0.15) is 89.6 Å². The van der Waals surface area contributed by atoms with Gasteiger partial charge in [0.1, 0.15) is 0 Å². The number of aromatic nitrogens is 2. The van der Waals surface area contributed by atoms with Gasteiger partial charge >= 0.3 is 0 Å². The van der Waals surface area contributed by atoms with Gasteiger partial charge in [0, 0.05) is 40.9 Å². The van der Waals surface area contributed by atoms with Crippen molar-refractivity contribution in [1.82, 2.24) is 19.8 Å². The summed E-state index contributed by atoms with van der Waals surface area (Å²) in [5.74, 6) is 0.782. The van der Waals surface area contributed by atoms with E-state index in [1.807, 2.05) is 12.3 Å². The van der Waals surface area contributed by atoms with E-state index in [4.69, 9.17) is 4.98 Å². The second kappa shape index (κ2) is 16.2. The lowest BCUT2D eigenvalue weighted by Crippen LogP contribution is -2.42. The Balaban J connectivity index is 1.83. The zero-order valence-electron chi connectivity index (χ0n) is 32.2. The zero-order chi connectivity index (χ0) is 36.0. The van der Waals surface area contributed by atoms with Gasteiger partial charge in [-0.25, -0.2) is 0 Å². The van der Waals surface area contributed by atoms with Crippen molar-refractivity contribution in [2.45, 2.75) is 106 Å². The van der Waals surface area contributed by atoms with Gasteiger partial charge in [-0.1, -0.05) is 90.1 Å². The number of pyridine rings is 1. The number of allylic oxidation sites excluding steroid dienone is 1. The predicted octanol–water partition coefficient (Wildman–Crippen LogP) is 11.1. The number of fused-ring (bicyclic) bond motifs is 1. The molecule has 49 heavy (non-hydrogen) atoms. The van der Waals surface area contributed by atoms with Crippen LogP contribution in [0.2, 0.25) is 0 Å². The molecule has 0 bridgehead atoms. The molecule has 0 fully saturated rings. The van der Waals surface area contributed by atoms with Crippen molar-refractivity contribution >= 4 is 10.9 Å². The quantitative estimate of drug-likeness (QED) is 0.115. The molecule has 4 rings (SSSR count). The smallest absolute Gasteiger partial charge is 0.0542 e. The number of likely N-dealkylation sites (N-methyl/N-ethyl adjacent to an activating group) is 1. The molecule has 2 heterocycles. The molecule has 2 atom stereocenters. The maximum absolute atomic E-state index is 4.90. The first-order valence-corrected chi connectivity index (χ1v) is 18.3. The molecule has 2 aromatic carbocycles. The largest absolute Gasteiger partial charge is 0.381 e. The fraction of sp³-hybridized carbons (Fsp3) is 0.444. The second-order valence-electron chi connectivity index (χ2n) is 15.6. The summed E-state index contributed by atoms with van der Waals surface area (Å²) < 4.78 is 2.52. The van der Waals surface area contributed by atoms with Crippen LogP contribution >= 0.6 is 0 Å². The van der Waals surface area contributed by atoms with Crippen LogP contribution in [0.3, 0.4) is 0 Å². The molecule has 2 aromatic heterocycles. The number of rotatable bonds is 17. The molecule has 0 aliphatic rings. The van der Waals surface area contributed by atoms with Crippen molar-refractivity contribution in [2.24, 2.45) is 11.3 Å². The molecule has 0 spiro atoms. The molecule has 0 amide bonds. The third-order valence-corrected chi connectivity index (χ3v) is 9.93. The summed E-state index contributed by atoms with van der Waals surface area (Å²) >= 11 is 0. The predicted molar refractivity (Wildman–Crippen MR) is 214 cm³/mol. The molecule has 0 radical (unpaired) electrons. The lowest BCUT2D eigenvalue weighted by Gasteiger charge is -2.32. The third kappa shape index (κ3) is 8.83. The Labute approximate surface area is 298 Å². The molecule has 2 unspecified atom stereocenters. The fourth-order valence-corrected chi connectivity index (χ4v) is 7.78. The zero-order valence-corrected chi connectivity index (χ0v) is 32.2. The molecule has 0 aliphatic heterocycles.